The van der Waals surface area contributed by atoms with Gasteiger partial charge in [-0.1, -0.05) is 0 Å². The Morgan fingerprint density at radius 2 is 1.88 bits per heavy atom. The molecule has 5 rings (SSSR count). The van der Waals surface area contributed by atoms with Gasteiger partial charge in [0.05, 0.1) is 12.5 Å². The van der Waals surface area contributed by atoms with Gasteiger partial charge in [-0.2, -0.15) is 5.10 Å². The molecule has 3 aromatic rings. The molecule has 0 bridgehead atoms. The third-order valence-corrected chi connectivity index (χ3v) is 5.76. The summed E-state index contributed by atoms with van der Waals surface area (Å²) in [5.41, 5.74) is 0.626. The number of aromatic nitrogens is 2. The average molecular weight is 449 g/mol. The number of nitrogens with zero attached hydrogens (tertiary/aromatic N) is 5. The Labute approximate surface area is 189 Å². The van der Waals surface area contributed by atoms with Crippen molar-refractivity contribution in [2.24, 2.45) is 5.10 Å². The quantitative estimate of drug-likeness (QED) is 0.528. The molecular weight excluding hydrogens is 426 g/mol. The molecule has 0 spiro atoms. The van der Waals surface area contributed by atoms with Crippen molar-refractivity contribution in [2.45, 2.75) is 37.8 Å². The number of rotatable bonds is 6. The minimum atomic E-state index is -0.532. The molecule has 5 heterocycles. The number of piperidine rings is 1. The van der Waals surface area contributed by atoms with E-state index in [-0.39, 0.29) is 0 Å². The van der Waals surface area contributed by atoms with E-state index in [4.69, 9.17) is 13.6 Å². The fourth-order valence-electron chi connectivity index (χ4n) is 4.19. The number of anilines is 1. The molecule has 10 nitrogen and oxygen atoms in total. The van der Waals surface area contributed by atoms with Crippen LogP contribution in [-0.4, -0.2) is 51.8 Å². The maximum atomic E-state index is 13.0. The zero-order valence-electron chi connectivity index (χ0n) is 17.9. The van der Waals surface area contributed by atoms with E-state index in [0.29, 0.717) is 42.6 Å². The predicted octanol–water partition coefficient (Wildman–Crippen LogP) is 2.94. The largest absolute Gasteiger partial charge is 0.467 e. The van der Waals surface area contributed by atoms with E-state index >= 15 is 0 Å². The lowest BCUT2D eigenvalue weighted by molar-refractivity contribution is -0.154. The molecular formula is C23H23N5O5. The van der Waals surface area contributed by atoms with Crippen LogP contribution in [0.15, 0.2) is 69.2 Å². The van der Waals surface area contributed by atoms with Gasteiger partial charge in [0.15, 0.2) is 6.61 Å². The monoisotopic (exact) mass is 449 g/mol. The SMILES string of the molecule is O=C(OCC(=O)N1N=C(c2ccco2)CC1c1ccco1)C1CCCCN1c1ncccn1. The van der Waals surface area contributed by atoms with E-state index in [9.17, 15) is 9.59 Å². The number of hydrogen-bond donors (Lipinski definition) is 0. The summed E-state index contributed by atoms with van der Waals surface area (Å²) in [6.45, 7) is 0.228. The predicted molar refractivity (Wildman–Crippen MR) is 116 cm³/mol. The Kier molecular flexibility index (Phi) is 5.88. The van der Waals surface area contributed by atoms with Crippen LogP contribution in [0.25, 0.3) is 0 Å². The molecule has 170 valence electrons. The van der Waals surface area contributed by atoms with Crippen molar-refractivity contribution >= 4 is 23.5 Å². The van der Waals surface area contributed by atoms with Gasteiger partial charge in [-0.15, -0.1) is 0 Å². The van der Waals surface area contributed by atoms with Crippen LogP contribution in [-0.2, 0) is 14.3 Å². The van der Waals surface area contributed by atoms with Crippen molar-refractivity contribution in [3.05, 3.63) is 66.8 Å². The standard InChI is InChI=1S/C23H23N5O5/c29-21(15-33-22(30)17-6-1-2-11-27(17)23-24-9-5-10-25-23)28-18(20-8-4-13-32-20)14-16(26-28)19-7-3-12-31-19/h3-5,7-10,12-13,17-18H,1-2,6,11,14-15H2. The Morgan fingerprint density at radius 1 is 1.06 bits per heavy atom. The summed E-state index contributed by atoms with van der Waals surface area (Å²) in [4.78, 5) is 36.3. The molecule has 0 radical (unpaired) electrons. The second kappa shape index (κ2) is 9.27. The fourth-order valence-corrected chi connectivity index (χ4v) is 4.19. The molecule has 1 amide bonds. The van der Waals surface area contributed by atoms with Gasteiger partial charge in [0, 0.05) is 25.4 Å². The second-order valence-corrected chi connectivity index (χ2v) is 7.86. The van der Waals surface area contributed by atoms with Gasteiger partial charge in [-0.05, 0) is 49.6 Å². The lowest BCUT2D eigenvalue weighted by atomic mass is 10.0. The summed E-state index contributed by atoms with van der Waals surface area (Å²) >= 11 is 0. The molecule has 3 aromatic heterocycles. The molecule has 2 atom stereocenters. The van der Waals surface area contributed by atoms with Crippen molar-refractivity contribution in [1.82, 2.24) is 15.0 Å². The maximum Gasteiger partial charge on any atom is 0.329 e. The van der Waals surface area contributed by atoms with Crippen LogP contribution in [0.1, 0.15) is 43.2 Å². The van der Waals surface area contributed by atoms with Crippen molar-refractivity contribution < 1.29 is 23.2 Å². The number of furan rings is 2. The number of amides is 1. The van der Waals surface area contributed by atoms with Crippen LogP contribution >= 0.6 is 0 Å². The lowest BCUT2D eigenvalue weighted by Gasteiger charge is -2.33. The van der Waals surface area contributed by atoms with Gasteiger partial charge >= 0.3 is 5.97 Å². The van der Waals surface area contributed by atoms with Crippen LogP contribution in [0.3, 0.4) is 0 Å². The smallest absolute Gasteiger partial charge is 0.329 e. The summed E-state index contributed by atoms with van der Waals surface area (Å²) < 4.78 is 16.4. The minimum absolute atomic E-state index is 0.426. The second-order valence-electron chi connectivity index (χ2n) is 7.86. The first-order valence-electron chi connectivity index (χ1n) is 10.9. The van der Waals surface area contributed by atoms with E-state index in [1.165, 1.54) is 5.01 Å². The topological polar surface area (TPSA) is 114 Å². The van der Waals surface area contributed by atoms with Gasteiger partial charge in [-0.3, -0.25) is 4.79 Å². The van der Waals surface area contributed by atoms with Crippen LogP contribution in [0, 0.1) is 0 Å². The van der Waals surface area contributed by atoms with E-state index in [1.807, 2.05) is 4.90 Å². The van der Waals surface area contributed by atoms with E-state index < -0.39 is 30.6 Å². The normalized spacial score (nSPS) is 20.5. The van der Waals surface area contributed by atoms with Crippen LogP contribution in [0.2, 0.25) is 0 Å². The summed E-state index contributed by atoms with van der Waals surface area (Å²) in [6, 6.07) is 7.85. The Bertz CT molecular complexity index is 1110. The van der Waals surface area contributed by atoms with Gasteiger partial charge in [0.25, 0.3) is 5.91 Å². The summed E-state index contributed by atoms with van der Waals surface area (Å²) in [5, 5.41) is 5.75. The number of hydrazone groups is 1. The van der Waals surface area contributed by atoms with Gasteiger partial charge in [0.1, 0.15) is 29.3 Å². The first-order valence-corrected chi connectivity index (χ1v) is 10.9. The summed E-state index contributed by atoms with van der Waals surface area (Å²) in [6.07, 6.45) is 9.25. The molecule has 2 aliphatic heterocycles. The summed E-state index contributed by atoms with van der Waals surface area (Å²) in [5.74, 6) is 0.749. The Hall–Kier alpha value is -3.95. The molecule has 1 fully saturated rings. The van der Waals surface area contributed by atoms with Crippen LogP contribution in [0.5, 0.6) is 0 Å². The first kappa shape index (κ1) is 20.9. The molecule has 10 heteroatoms. The fraction of sp³-hybridized carbons (Fsp3) is 0.348. The third-order valence-electron chi connectivity index (χ3n) is 5.76. The number of carbonyl (C=O) groups is 2. The molecule has 0 N–H and O–H groups in total. The van der Waals surface area contributed by atoms with Crippen molar-refractivity contribution in [3.8, 4) is 0 Å². The highest BCUT2D eigenvalue weighted by Crippen LogP contribution is 2.33. The number of hydrogen-bond acceptors (Lipinski definition) is 9. The molecule has 33 heavy (non-hydrogen) atoms. The number of esters is 1. The first-order chi connectivity index (χ1) is 16.2. The molecule has 2 aliphatic rings. The Morgan fingerprint density at radius 3 is 2.64 bits per heavy atom. The average Bonchev–Trinajstić information content (AvgIpc) is 3.63. The molecule has 1 saturated heterocycles. The molecule has 2 unspecified atom stereocenters. The van der Waals surface area contributed by atoms with Crippen molar-refractivity contribution in [3.63, 3.8) is 0 Å². The zero-order chi connectivity index (χ0) is 22.6. The minimum Gasteiger partial charge on any atom is -0.467 e. The van der Waals surface area contributed by atoms with E-state index in [2.05, 4.69) is 15.1 Å². The third kappa shape index (κ3) is 4.36. The van der Waals surface area contributed by atoms with Gasteiger partial charge in [0.2, 0.25) is 5.95 Å². The maximum absolute atomic E-state index is 13.0. The highest BCUT2D eigenvalue weighted by atomic mass is 16.5. The number of ether oxygens (including phenoxy) is 1. The molecule has 0 saturated carbocycles. The number of carbonyl (C=O) groups excluding carboxylic acids is 2. The van der Waals surface area contributed by atoms with Crippen LogP contribution in [0.4, 0.5) is 5.95 Å². The zero-order valence-corrected chi connectivity index (χ0v) is 17.9. The Balaban J connectivity index is 1.28. The highest BCUT2D eigenvalue weighted by molar-refractivity contribution is 6.01. The lowest BCUT2D eigenvalue weighted by Crippen LogP contribution is -2.47. The van der Waals surface area contributed by atoms with Crippen LogP contribution < -0.4 is 4.90 Å². The highest BCUT2D eigenvalue weighted by Gasteiger charge is 2.37. The van der Waals surface area contributed by atoms with Crippen molar-refractivity contribution in [2.75, 3.05) is 18.1 Å². The van der Waals surface area contributed by atoms with Gasteiger partial charge < -0.3 is 18.5 Å². The van der Waals surface area contributed by atoms with E-state index in [0.717, 1.165) is 12.8 Å². The van der Waals surface area contributed by atoms with E-state index in [1.54, 1.807) is 55.3 Å². The molecule has 0 aromatic carbocycles. The summed E-state index contributed by atoms with van der Waals surface area (Å²) in [7, 11) is 0. The molecule has 0 aliphatic carbocycles. The van der Waals surface area contributed by atoms with Gasteiger partial charge in [-0.25, -0.2) is 19.8 Å². The van der Waals surface area contributed by atoms with Crippen molar-refractivity contribution in [1.29, 1.82) is 0 Å².